The molecule has 0 amide bonds. The minimum atomic E-state index is 0.356. The van der Waals surface area contributed by atoms with Crippen LogP contribution in [0.1, 0.15) is 27.2 Å². The smallest absolute Gasteiger partial charge is 0.153 e. The van der Waals surface area contributed by atoms with Crippen molar-refractivity contribution in [2.75, 3.05) is 17.2 Å². The molecule has 0 radical (unpaired) electrons. The summed E-state index contributed by atoms with van der Waals surface area (Å²) >= 11 is 6.20. The Balaban J connectivity index is 2.34. The quantitative estimate of drug-likeness (QED) is 0.837. The molecule has 2 rings (SSSR count). The first-order valence-corrected chi connectivity index (χ1v) is 6.41. The van der Waals surface area contributed by atoms with Gasteiger partial charge in [-0.15, -0.1) is 0 Å². The van der Waals surface area contributed by atoms with Gasteiger partial charge in [0, 0.05) is 12.6 Å². The van der Waals surface area contributed by atoms with Crippen LogP contribution in [0.15, 0.2) is 6.33 Å². The van der Waals surface area contributed by atoms with Gasteiger partial charge in [0.1, 0.15) is 17.2 Å². The third-order valence-electron chi connectivity index (χ3n) is 3.67. The van der Waals surface area contributed by atoms with Crippen LogP contribution in [0, 0.1) is 11.8 Å². The summed E-state index contributed by atoms with van der Waals surface area (Å²) in [5, 5.41) is 0.473. The molecule has 0 aromatic carbocycles. The fourth-order valence-electron chi connectivity index (χ4n) is 2.57. The lowest BCUT2D eigenvalue weighted by atomic mass is 9.86. The van der Waals surface area contributed by atoms with Gasteiger partial charge in [-0.3, -0.25) is 0 Å². The fraction of sp³-hybridized carbons (Fsp3) is 0.667. The normalized spacial score (nSPS) is 29.4. The molecule has 1 aliphatic heterocycles. The summed E-state index contributed by atoms with van der Waals surface area (Å²) in [5.74, 6) is 2.40. The summed E-state index contributed by atoms with van der Waals surface area (Å²) in [6.07, 6.45) is 2.73. The average molecular weight is 255 g/mol. The maximum absolute atomic E-state index is 6.20. The van der Waals surface area contributed by atoms with Crippen LogP contribution in [0.3, 0.4) is 0 Å². The molecule has 1 saturated heterocycles. The Bertz CT molecular complexity index is 409. The zero-order valence-corrected chi connectivity index (χ0v) is 11.3. The number of hydrogen-bond donors (Lipinski definition) is 1. The summed E-state index contributed by atoms with van der Waals surface area (Å²) < 4.78 is 0. The monoisotopic (exact) mass is 254 g/mol. The highest BCUT2D eigenvalue weighted by Crippen LogP contribution is 2.35. The van der Waals surface area contributed by atoms with Gasteiger partial charge in [-0.2, -0.15) is 0 Å². The van der Waals surface area contributed by atoms with E-state index < -0.39 is 0 Å². The Kier molecular flexibility index (Phi) is 3.43. The number of halogens is 1. The van der Waals surface area contributed by atoms with Crippen LogP contribution in [0.4, 0.5) is 11.6 Å². The van der Waals surface area contributed by atoms with E-state index in [0.29, 0.717) is 28.7 Å². The van der Waals surface area contributed by atoms with Gasteiger partial charge in [-0.1, -0.05) is 25.4 Å². The molecule has 2 heterocycles. The first-order valence-electron chi connectivity index (χ1n) is 6.03. The van der Waals surface area contributed by atoms with Crippen LogP contribution in [0.25, 0.3) is 0 Å². The summed E-state index contributed by atoms with van der Waals surface area (Å²) in [5.41, 5.74) is 5.73. The first-order chi connectivity index (χ1) is 8.00. The van der Waals surface area contributed by atoms with Crippen LogP contribution in [0.2, 0.25) is 5.02 Å². The molecule has 3 unspecified atom stereocenters. The molecular weight excluding hydrogens is 236 g/mol. The second kappa shape index (κ2) is 4.69. The molecule has 0 aliphatic carbocycles. The van der Waals surface area contributed by atoms with Gasteiger partial charge in [0.05, 0.1) is 0 Å². The lowest BCUT2D eigenvalue weighted by molar-refractivity contribution is 0.295. The van der Waals surface area contributed by atoms with Crippen molar-refractivity contribution in [1.82, 2.24) is 9.97 Å². The molecule has 1 aromatic rings. The number of piperidine rings is 1. The predicted octanol–water partition coefficient (Wildman–Crippen LogP) is 2.58. The number of nitrogens with two attached hydrogens (primary N) is 1. The number of aromatic nitrogens is 2. The first kappa shape index (κ1) is 12.4. The Labute approximate surface area is 107 Å². The van der Waals surface area contributed by atoms with Crippen LogP contribution >= 0.6 is 11.6 Å². The molecular formula is C12H19ClN4. The lowest BCUT2D eigenvalue weighted by Crippen LogP contribution is -2.46. The number of nitrogen functional groups attached to an aromatic ring is 1. The van der Waals surface area contributed by atoms with Gasteiger partial charge in [0.25, 0.3) is 0 Å². The van der Waals surface area contributed by atoms with E-state index in [1.165, 1.54) is 12.7 Å². The molecule has 2 N–H and O–H groups in total. The van der Waals surface area contributed by atoms with Gasteiger partial charge in [-0.25, -0.2) is 9.97 Å². The van der Waals surface area contributed by atoms with Gasteiger partial charge >= 0.3 is 0 Å². The van der Waals surface area contributed by atoms with E-state index >= 15 is 0 Å². The van der Waals surface area contributed by atoms with Crippen LogP contribution < -0.4 is 10.6 Å². The number of hydrogen-bond acceptors (Lipinski definition) is 4. The van der Waals surface area contributed by atoms with Crippen molar-refractivity contribution < 1.29 is 0 Å². The standard InChI is InChI=1S/C12H19ClN4/c1-7-4-8(2)9(3)17(5-7)12-10(13)11(14)15-6-16-12/h6-9H,4-5H2,1-3H3,(H2,14,15,16). The number of nitrogens with zero attached hydrogens (tertiary/aromatic N) is 3. The van der Waals surface area contributed by atoms with Crippen molar-refractivity contribution in [2.45, 2.75) is 33.2 Å². The minimum absolute atomic E-state index is 0.356. The highest BCUT2D eigenvalue weighted by atomic mass is 35.5. The molecule has 0 bridgehead atoms. The summed E-state index contributed by atoms with van der Waals surface area (Å²) in [7, 11) is 0. The molecule has 1 fully saturated rings. The van der Waals surface area contributed by atoms with Crippen molar-refractivity contribution in [2.24, 2.45) is 11.8 Å². The molecule has 17 heavy (non-hydrogen) atoms. The third kappa shape index (κ3) is 2.32. The Hall–Kier alpha value is -1.03. The van der Waals surface area contributed by atoms with E-state index in [4.69, 9.17) is 17.3 Å². The lowest BCUT2D eigenvalue weighted by Gasteiger charge is -2.42. The number of rotatable bonds is 1. The van der Waals surface area contributed by atoms with E-state index in [-0.39, 0.29) is 0 Å². The zero-order valence-electron chi connectivity index (χ0n) is 10.5. The van der Waals surface area contributed by atoms with Crippen molar-refractivity contribution in [3.05, 3.63) is 11.3 Å². The van der Waals surface area contributed by atoms with E-state index in [2.05, 4.69) is 35.6 Å². The van der Waals surface area contributed by atoms with Gasteiger partial charge in [0.2, 0.25) is 0 Å². The maximum Gasteiger partial charge on any atom is 0.153 e. The fourth-order valence-corrected chi connectivity index (χ4v) is 2.77. The largest absolute Gasteiger partial charge is 0.382 e. The molecule has 0 spiro atoms. The highest BCUT2D eigenvalue weighted by Gasteiger charge is 2.31. The van der Waals surface area contributed by atoms with Crippen LogP contribution in [-0.2, 0) is 0 Å². The highest BCUT2D eigenvalue weighted by molar-refractivity contribution is 6.35. The second-order valence-corrected chi connectivity index (χ2v) is 5.49. The van der Waals surface area contributed by atoms with Crippen molar-refractivity contribution in [1.29, 1.82) is 0 Å². The van der Waals surface area contributed by atoms with Gasteiger partial charge in [-0.05, 0) is 25.2 Å². The van der Waals surface area contributed by atoms with Crippen LogP contribution in [-0.4, -0.2) is 22.6 Å². The van der Waals surface area contributed by atoms with E-state index in [0.717, 1.165) is 12.4 Å². The minimum Gasteiger partial charge on any atom is -0.382 e. The molecule has 94 valence electrons. The maximum atomic E-state index is 6.20. The summed E-state index contributed by atoms with van der Waals surface area (Å²) in [4.78, 5) is 10.4. The molecule has 3 atom stereocenters. The molecule has 1 aromatic heterocycles. The molecule has 4 nitrogen and oxygen atoms in total. The predicted molar refractivity (Wildman–Crippen MR) is 71.2 cm³/mol. The Morgan fingerprint density at radius 2 is 2.06 bits per heavy atom. The van der Waals surface area contributed by atoms with Gasteiger partial charge < -0.3 is 10.6 Å². The molecule has 1 aliphatic rings. The molecule has 5 heteroatoms. The van der Waals surface area contributed by atoms with E-state index in [9.17, 15) is 0 Å². The van der Waals surface area contributed by atoms with Crippen molar-refractivity contribution in [3.8, 4) is 0 Å². The summed E-state index contributed by atoms with van der Waals surface area (Å²) in [6, 6.07) is 0.429. The summed E-state index contributed by atoms with van der Waals surface area (Å²) in [6.45, 7) is 7.71. The van der Waals surface area contributed by atoms with E-state index in [1.807, 2.05) is 0 Å². The van der Waals surface area contributed by atoms with Crippen molar-refractivity contribution in [3.63, 3.8) is 0 Å². The molecule has 0 saturated carbocycles. The Morgan fingerprint density at radius 3 is 2.76 bits per heavy atom. The third-order valence-corrected chi connectivity index (χ3v) is 4.03. The SMILES string of the molecule is CC1CC(C)C(C)N(c2ncnc(N)c2Cl)C1. The second-order valence-electron chi connectivity index (χ2n) is 5.11. The van der Waals surface area contributed by atoms with Crippen molar-refractivity contribution >= 4 is 23.2 Å². The Morgan fingerprint density at radius 1 is 1.35 bits per heavy atom. The topological polar surface area (TPSA) is 55.0 Å². The average Bonchev–Trinajstić information content (AvgIpc) is 2.27. The van der Waals surface area contributed by atoms with Gasteiger partial charge in [0.15, 0.2) is 5.82 Å². The number of anilines is 2. The van der Waals surface area contributed by atoms with Crippen LogP contribution in [0.5, 0.6) is 0 Å². The van der Waals surface area contributed by atoms with E-state index in [1.54, 1.807) is 0 Å². The zero-order chi connectivity index (χ0) is 12.6.